The van der Waals surface area contributed by atoms with E-state index in [1.54, 1.807) is 25.2 Å². The van der Waals surface area contributed by atoms with Crippen molar-refractivity contribution in [3.63, 3.8) is 0 Å². The second-order valence-corrected chi connectivity index (χ2v) is 6.19. The van der Waals surface area contributed by atoms with Crippen molar-refractivity contribution in [2.24, 2.45) is 12.0 Å². The minimum Gasteiger partial charge on any atom is -0.497 e. The first-order chi connectivity index (χ1) is 11.5. The van der Waals surface area contributed by atoms with Crippen LogP contribution >= 0.6 is 0 Å². The summed E-state index contributed by atoms with van der Waals surface area (Å²) in [6.07, 6.45) is 1.54. The molecule has 0 bridgehead atoms. The molecule has 0 saturated carbocycles. The number of nitrogens with one attached hydrogen (secondary N) is 2. The molecule has 0 aliphatic heterocycles. The molecule has 0 atom stereocenters. The summed E-state index contributed by atoms with van der Waals surface area (Å²) in [7, 11) is 5.30. The first-order valence-corrected chi connectivity index (χ1v) is 7.88. The van der Waals surface area contributed by atoms with E-state index in [0.29, 0.717) is 6.54 Å². The van der Waals surface area contributed by atoms with Crippen molar-refractivity contribution in [2.75, 3.05) is 20.7 Å². The SMILES string of the molecule is CN=C(NCc1ncnn1C)NCC(C)(C)c1ccc(OC)cc1. The van der Waals surface area contributed by atoms with E-state index in [4.69, 9.17) is 4.74 Å². The van der Waals surface area contributed by atoms with E-state index in [9.17, 15) is 0 Å². The number of hydrogen-bond donors (Lipinski definition) is 2. The van der Waals surface area contributed by atoms with Crippen LogP contribution in [0.15, 0.2) is 35.6 Å². The van der Waals surface area contributed by atoms with Crippen LogP contribution in [-0.4, -0.2) is 41.4 Å². The van der Waals surface area contributed by atoms with Crippen LogP contribution in [0.3, 0.4) is 0 Å². The molecule has 1 aromatic heterocycles. The van der Waals surface area contributed by atoms with Crippen molar-refractivity contribution < 1.29 is 4.74 Å². The van der Waals surface area contributed by atoms with Crippen molar-refractivity contribution >= 4 is 5.96 Å². The van der Waals surface area contributed by atoms with Crippen molar-refractivity contribution in [1.29, 1.82) is 0 Å². The minimum atomic E-state index is -0.0470. The van der Waals surface area contributed by atoms with Crippen molar-refractivity contribution in [3.05, 3.63) is 42.0 Å². The highest BCUT2D eigenvalue weighted by molar-refractivity contribution is 5.79. The van der Waals surface area contributed by atoms with E-state index < -0.39 is 0 Å². The van der Waals surface area contributed by atoms with Crippen LogP contribution in [0.2, 0.25) is 0 Å². The molecule has 0 amide bonds. The highest BCUT2D eigenvalue weighted by atomic mass is 16.5. The Kier molecular flexibility index (Phi) is 5.78. The zero-order valence-corrected chi connectivity index (χ0v) is 15.0. The van der Waals surface area contributed by atoms with E-state index in [-0.39, 0.29) is 5.41 Å². The number of rotatable bonds is 6. The number of benzene rings is 1. The third kappa shape index (κ3) is 4.47. The van der Waals surface area contributed by atoms with E-state index in [2.05, 4.69) is 51.7 Å². The minimum absolute atomic E-state index is 0.0470. The van der Waals surface area contributed by atoms with Gasteiger partial charge in [0.25, 0.3) is 0 Å². The molecule has 24 heavy (non-hydrogen) atoms. The summed E-state index contributed by atoms with van der Waals surface area (Å²) >= 11 is 0. The van der Waals surface area contributed by atoms with Crippen LogP contribution in [0.4, 0.5) is 0 Å². The fourth-order valence-corrected chi connectivity index (χ4v) is 2.31. The molecule has 0 aliphatic carbocycles. The topological polar surface area (TPSA) is 76.4 Å². The predicted octanol–water partition coefficient (Wildman–Crippen LogP) is 1.47. The van der Waals surface area contributed by atoms with Crippen LogP contribution in [0.1, 0.15) is 25.2 Å². The van der Waals surface area contributed by atoms with Crippen LogP contribution in [-0.2, 0) is 19.0 Å². The number of guanidine groups is 1. The molecule has 0 saturated heterocycles. The van der Waals surface area contributed by atoms with Gasteiger partial charge in [-0.15, -0.1) is 0 Å². The molecular weight excluding hydrogens is 304 g/mol. The third-order valence-electron chi connectivity index (χ3n) is 4.01. The van der Waals surface area contributed by atoms with Gasteiger partial charge in [-0.3, -0.25) is 9.67 Å². The summed E-state index contributed by atoms with van der Waals surface area (Å²) in [5.74, 6) is 2.45. The lowest BCUT2D eigenvalue weighted by Gasteiger charge is -2.27. The molecule has 7 nitrogen and oxygen atoms in total. The van der Waals surface area contributed by atoms with Gasteiger partial charge in [-0.25, -0.2) is 4.98 Å². The molecule has 1 heterocycles. The number of aromatic nitrogens is 3. The Morgan fingerprint density at radius 1 is 1.25 bits per heavy atom. The fourth-order valence-electron chi connectivity index (χ4n) is 2.31. The number of ether oxygens (including phenoxy) is 1. The maximum Gasteiger partial charge on any atom is 0.191 e. The van der Waals surface area contributed by atoms with Crippen LogP contribution in [0.5, 0.6) is 5.75 Å². The molecule has 0 spiro atoms. The first-order valence-electron chi connectivity index (χ1n) is 7.88. The molecule has 2 N–H and O–H groups in total. The maximum absolute atomic E-state index is 5.22. The van der Waals surface area contributed by atoms with Crippen LogP contribution in [0, 0.1) is 0 Å². The lowest BCUT2D eigenvalue weighted by Crippen LogP contribution is -2.43. The molecule has 0 unspecified atom stereocenters. The van der Waals surface area contributed by atoms with Gasteiger partial charge in [0.05, 0.1) is 13.7 Å². The lowest BCUT2D eigenvalue weighted by molar-refractivity contribution is 0.414. The van der Waals surface area contributed by atoms with Gasteiger partial charge in [-0.2, -0.15) is 5.10 Å². The van der Waals surface area contributed by atoms with E-state index in [1.165, 1.54) is 5.56 Å². The van der Waals surface area contributed by atoms with E-state index in [1.807, 2.05) is 19.2 Å². The van der Waals surface area contributed by atoms with Gasteiger partial charge in [0.15, 0.2) is 5.96 Å². The average Bonchev–Trinajstić information content (AvgIpc) is 3.00. The number of methoxy groups -OCH3 is 1. The molecular formula is C17H26N6O. The highest BCUT2D eigenvalue weighted by Gasteiger charge is 2.21. The molecule has 2 rings (SSSR count). The molecule has 1 aromatic carbocycles. The molecule has 0 aliphatic rings. The van der Waals surface area contributed by atoms with Gasteiger partial charge in [0, 0.05) is 26.1 Å². The Labute approximate surface area is 143 Å². The Morgan fingerprint density at radius 3 is 2.50 bits per heavy atom. The van der Waals surface area contributed by atoms with E-state index in [0.717, 1.165) is 24.1 Å². The van der Waals surface area contributed by atoms with Gasteiger partial charge in [0.1, 0.15) is 17.9 Å². The largest absolute Gasteiger partial charge is 0.497 e. The summed E-state index contributed by atoms with van der Waals surface area (Å²) in [6, 6.07) is 8.16. The molecule has 0 fully saturated rings. The predicted molar refractivity (Wildman–Crippen MR) is 95.2 cm³/mol. The van der Waals surface area contributed by atoms with Gasteiger partial charge < -0.3 is 15.4 Å². The maximum atomic E-state index is 5.22. The molecule has 130 valence electrons. The summed E-state index contributed by atoms with van der Waals surface area (Å²) in [5.41, 5.74) is 1.19. The van der Waals surface area contributed by atoms with Crippen molar-refractivity contribution in [1.82, 2.24) is 25.4 Å². The second-order valence-electron chi connectivity index (χ2n) is 6.19. The number of nitrogens with zero attached hydrogens (tertiary/aromatic N) is 4. The average molecular weight is 330 g/mol. The zero-order chi connectivity index (χ0) is 17.6. The van der Waals surface area contributed by atoms with Gasteiger partial charge in [0.2, 0.25) is 0 Å². The molecule has 0 radical (unpaired) electrons. The van der Waals surface area contributed by atoms with Crippen LogP contribution in [0.25, 0.3) is 0 Å². The standard InChI is InChI=1S/C17H26N6O/c1-17(2,13-6-8-14(24-5)9-7-13)11-20-16(18-3)19-10-15-21-12-22-23(15)4/h6-9,12H,10-11H2,1-5H3,(H2,18,19,20). The normalized spacial score (nSPS) is 12.1. The monoisotopic (exact) mass is 330 g/mol. The second kappa shape index (κ2) is 7.81. The zero-order valence-electron chi connectivity index (χ0n) is 15.0. The van der Waals surface area contributed by atoms with Crippen molar-refractivity contribution in [2.45, 2.75) is 25.8 Å². The first kappa shape index (κ1) is 17.8. The smallest absolute Gasteiger partial charge is 0.191 e. The Balaban J connectivity index is 1.92. The van der Waals surface area contributed by atoms with Gasteiger partial charge >= 0.3 is 0 Å². The molecule has 7 heteroatoms. The van der Waals surface area contributed by atoms with Crippen molar-refractivity contribution in [3.8, 4) is 5.75 Å². The van der Waals surface area contributed by atoms with E-state index >= 15 is 0 Å². The Morgan fingerprint density at radius 2 is 1.96 bits per heavy atom. The number of aliphatic imine (C=N–C) groups is 1. The fraction of sp³-hybridized carbons (Fsp3) is 0.471. The summed E-state index contributed by atoms with van der Waals surface area (Å²) < 4.78 is 6.95. The van der Waals surface area contributed by atoms with Gasteiger partial charge in [-0.05, 0) is 17.7 Å². The number of hydrogen-bond acceptors (Lipinski definition) is 4. The molecule has 2 aromatic rings. The number of aryl methyl sites for hydroxylation is 1. The summed E-state index contributed by atoms with van der Waals surface area (Å²) in [4.78, 5) is 8.45. The quantitative estimate of drug-likeness (QED) is 0.619. The Hall–Kier alpha value is -2.57. The summed E-state index contributed by atoms with van der Waals surface area (Å²) in [5, 5.41) is 10.7. The van der Waals surface area contributed by atoms with Crippen LogP contribution < -0.4 is 15.4 Å². The summed E-state index contributed by atoms with van der Waals surface area (Å²) in [6.45, 7) is 5.70. The third-order valence-corrected chi connectivity index (χ3v) is 4.01. The van der Waals surface area contributed by atoms with Gasteiger partial charge in [-0.1, -0.05) is 26.0 Å². The lowest BCUT2D eigenvalue weighted by atomic mass is 9.84. The Bertz CT molecular complexity index is 675. The highest BCUT2D eigenvalue weighted by Crippen LogP contribution is 2.24.